The molecule has 5 heteroatoms. The summed E-state index contributed by atoms with van der Waals surface area (Å²) < 4.78 is 27.4. The predicted octanol–water partition coefficient (Wildman–Crippen LogP) is 3.87. The predicted molar refractivity (Wildman–Crippen MR) is 161 cm³/mol. The summed E-state index contributed by atoms with van der Waals surface area (Å²) in [6.07, 6.45) is 0. The minimum Gasteiger partial charge on any atom is -0.126 e. The van der Waals surface area contributed by atoms with Gasteiger partial charge in [-0.15, -0.1) is 51.4 Å². The van der Waals surface area contributed by atoms with Gasteiger partial charge in [-0.2, -0.15) is 18.2 Å². The molecule has 0 heterocycles. The van der Waals surface area contributed by atoms with Crippen LogP contribution in [0.1, 0.15) is 11.1 Å². The quantitative estimate of drug-likeness (QED) is 0.251. The Bertz CT molecular complexity index is 1730. The third kappa shape index (κ3) is 8.08. The van der Waals surface area contributed by atoms with Crippen LogP contribution in [0.2, 0.25) is 0 Å². The van der Waals surface area contributed by atoms with Crippen LogP contribution in [0.25, 0.3) is 32.7 Å². The van der Waals surface area contributed by atoms with Gasteiger partial charge in [0.05, 0.1) is 0 Å². The summed E-state index contributed by atoms with van der Waals surface area (Å²) in [6, 6.07) is 51.6. The second-order valence-electron chi connectivity index (χ2n) is 9.20. The summed E-state index contributed by atoms with van der Waals surface area (Å²) in [5, 5.41) is 5.39. The Morgan fingerprint density at radius 3 is 1.52 bits per heavy atom. The molecule has 42 heavy (non-hydrogen) atoms. The molecule has 0 radical (unpaired) electrons. The van der Waals surface area contributed by atoms with Crippen LogP contribution in [0.4, 0.5) is 8.78 Å². The maximum Gasteiger partial charge on any atom is -0.0771 e. The molecule has 0 N–H and O–H groups in total. The molecule has 0 fully saturated rings. The van der Waals surface area contributed by atoms with Crippen molar-refractivity contribution >= 4 is 24.8 Å². The van der Waals surface area contributed by atoms with Gasteiger partial charge in [-0.05, 0) is 6.07 Å². The summed E-state index contributed by atoms with van der Waals surface area (Å²) in [5.41, 5.74) is 3.68. The first kappa shape index (κ1) is 33.0. The zero-order chi connectivity index (χ0) is 27.7. The van der Waals surface area contributed by atoms with Gasteiger partial charge in [0, 0.05) is 0 Å². The Hall–Kier alpha value is -3.49. The smallest absolute Gasteiger partial charge is 0.0771 e. The first-order valence-corrected chi connectivity index (χ1v) is 14.2. The summed E-state index contributed by atoms with van der Waals surface area (Å²) in [7, 11) is 0. The van der Waals surface area contributed by atoms with Gasteiger partial charge in [0.2, 0.25) is 0 Å². The topological polar surface area (TPSA) is 0 Å². The summed E-state index contributed by atoms with van der Waals surface area (Å²) in [6.45, 7) is 0. The molecule has 0 amide bonds. The monoisotopic (exact) mass is 668 g/mol. The van der Waals surface area contributed by atoms with Crippen LogP contribution < -0.4 is 24.8 Å². The van der Waals surface area contributed by atoms with Gasteiger partial charge < -0.3 is 24.8 Å². The molecule has 0 saturated heterocycles. The molecule has 7 aromatic rings. The van der Waals surface area contributed by atoms with E-state index >= 15 is 0 Å². The van der Waals surface area contributed by atoms with Crippen LogP contribution >= 0.6 is 0 Å². The fourth-order valence-corrected chi connectivity index (χ4v) is 5.38. The summed E-state index contributed by atoms with van der Waals surface area (Å²) in [5.74, 6) is -1.59. The van der Waals surface area contributed by atoms with Crippen molar-refractivity contribution in [3.63, 3.8) is 0 Å². The van der Waals surface area contributed by atoms with Gasteiger partial charge in [0.15, 0.2) is 0 Å². The maximum absolute atomic E-state index is 13.2. The third-order valence-corrected chi connectivity index (χ3v) is 7.99. The first-order valence-electron chi connectivity index (χ1n) is 13.0. The number of rotatable bonds is 3. The van der Waals surface area contributed by atoms with Crippen molar-refractivity contribution < 1.29 is 57.8 Å². The third-order valence-electron chi connectivity index (χ3n) is 6.57. The molecule has 0 spiro atoms. The van der Waals surface area contributed by atoms with Crippen molar-refractivity contribution in [2.75, 3.05) is 0 Å². The Balaban J connectivity index is 0.000000169. The molecule has 0 nitrogen and oxygen atoms in total. The largest absolute Gasteiger partial charge is 0.126 e. The van der Waals surface area contributed by atoms with Crippen LogP contribution in [0, 0.1) is 11.6 Å². The van der Waals surface area contributed by atoms with Crippen LogP contribution in [-0.4, -0.2) is 3.21 Å². The van der Waals surface area contributed by atoms with Gasteiger partial charge in [0.1, 0.15) is 11.6 Å². The molecular formula is C37H26Cl2F2Zr-2. The van der Waals surface area contributed by atoms with E-state index in [9.17, 15) is 8.78 Å². The molecule has 0 bridgehead atoms. The van der Waals surface area contributed by atoms with Crippen molar-refractivity contribution in [3.8, 4) is 11.1 Å². The fourth-order valence-electron chi connectivity index (χ4n) is 4.56. The van der Waals surface area contributed by atoms with E-state index in [0.29, 0.717) is 11.1 Å². The standard InChI is InChI=1S/C13H9.C13H10.C11H7F2.2ClH.Zr/c1-3-7-12-10(5-1)9-11-6-2-4-8-13(11)12;1-3-7-12(8-4-1)11-13-9-5-2-6-10-13;12-10-7-3-6-9(11(10)13)8-4-1-2-5-8;;;/h1-9H;1-10H;1-7H;2*1H;/q-1;;-1;;;+2/p-2. The zero-order valence-electron chi connectivity index (χ0n) is 22.5. The van der Waals surface area contributed by atoms with Crippen molar-refractivity contribution in [2.45, 2.75) is 0 Å². The van der Waals surface area contributed by atoms with E-state index in [1.54, 1.807) is 30.3 Å². The second-order valence-corrected chi connectivity index (χ2v) is 10.4. The van der Waals surface area contributed by atoms with E-state index < -0.39 is 11.6 Å². The van der Waals surface area contributed by atoms with Crippen molar-refractivity contribution in [1.82, 2.24) is 0 Å². The normalized spacial score (nSPS) is 9.90. The Morgan fingerprint density at radius 1 is 0.524 bits per heavy atom. The number of benzene rings is 5. The molecular weight excluding hydrogens is 645 g/mol. The molecule has 0 aliphatic heterocycles. The van der Waals surface area contributed by atoms with Gasteiger partial charge >= 0.3 is 99.2 Å². The molecule has 0 atom stereocenters. The van der Waals surface area contributed by atoms with Crippen molar-refractivity contribution in [1.29, 1.82) is 0 Å². The second kappa shape index (κ2) is 16.2. The van der Waals surface area contributed by atoms with Gasteiger partial charge in [-0.25, -0.2) is 8.78 Å². The van der Waals surface area contributed by atoms with E-state index in [0.717, 1.165) is 6.07 Å². The summed E-state index contributed by atoms with van der Waals surface area (Å²) >= 11 is 1.46. The fraction of sp³-hybridized carbons (Fsp3) is 0. The van der Waals surface area contributed by atoms with Crippen molar-refractivity contribution in [3.05, 3.63) is 180 Å². The molecule has 0 aromatic heterocycles. The Kier molecular flexibility index (Phi) is 12.8. The van der Waals surface area contributed by atoms with E-state index in [1.165, 1.54) is 66.2 Å². The first-order chi connectivity index (χ1) is 19.6. The van der Waals surface area contributed by atoms with E-state index in [4.69, 9.17) is 0 Å². The molecule has 7 rings (SSSR count). The van der Waals surface area contributed by atoms with E-state index in [-0.39, 0.29) is 24.8 Å². The molecule has 0 aliphatic carbocycles. The van der Waals surface area contributed by atoms with Gasteiger partial charge in [-0.1, -0.05) is 54.1 Å². The molecule has 0 saturated carbocycles. The van der Waals surface area contributed by atoms with Gasteiger partial charge in [0.25, 0.3) is 0 Å². The zero-order valence-corrected chi connectivity index (χ0v) is 26.5. The molecule has 0 unspecified atom stereocenters. The van der Waals surface area contributed by atoms with Crippen LogP contribution in [0.15, 0.2) is 158 Å². The number of hydrogen-bond acceptors (Lipinski definition) is 0. The van der Waals surface area contributed by atoms with E-state index in [1.807, 2.05) is 0 Å². The number of fused-ring (bicyclic) bond motifs is 3. The Morgan fingerprint density at radius 2 is 1.02 bits per heavy atom. The maximum atomic E-state index is 13.2. The number of hydrogen-bond donors (Lipinski definition) is 0. The molecule has 7 aromatic carbocycles. The SMILES string of the molecule is Fc1cccc(-c2ccc[cH-]2)c1F.[Cl-].[Cl-].[Zr+2]=[C](c1ccccc1)c1ccccc1.c1ccc2c(c1)[cH-]c1ccccc12. The van der Waals surface area contributed by atoms with E-state index in [2.05, 4.69) is 115 Å². The average Bonchev–Trinajstić information content (AvgIpc) is 3.68. The van der Waals surface area contributed by atoms with Crippen LogP contribution in [0.5, 0.6) is 0 Å². The Labute approximate surface area is 272 Å². The minimum atomic E-state index is -0.807. The molecule has 208 valence electrons. The van der Waals surface area contributed by atoms with Crippen molar-refractivity contribution in [2.24, 2.45) is 0 Å². The van der Waals surface area contributed by atoms with Gasteiger partial charge in [-0.3, -0.25) is 0 Å². The minimum absolute atomic E-state index is 0. The van der Waals surface area contributed by atoms with Crippen LogP contribution in [-0.2, 0) is 24.2 Å². The average molecular weight is 671 g/mol. The molecule has 0 aliphatic rings. The summed E-state index contributed by atoms with van der Waals surface area (Å²) in [4.78, 5) is 0. The number of halogens is 4. The van der Waals surface area contributed by atoms with Crippen LogP contribution in [0.3, 0.4) is 0 Å².